The van der Waals surface area contributed by atoms with Gasteiger partial charge in [0.15, 0.2) is 5.69 Å². The summed E-state index contributed by atoms with van der Waals surface area (Å²) >= 11 is 1.79. The van der Waals surface area contributed by atoms with Gasteiger partial charge in [-0.15, -0.1) is 0 Å². The average molecular weight is 239 g/mol. The van der Waals surface area contributed by atoms with Crippen molar-refractivity contribution in [3.8, 4) is 5.69 Å². The molecule has 17 heavy (non-hydrogen) atoms. The predicted octanol–water partition coefficient (Wildman–Crippen LogP) is 3.09. The van der Waals surface area contributed by atoms with Crippen molar-refractivity contribution in [2.75, 3.05) is 0 Å². The normalized spacial score (nSPS) is 16.5. The van der Waals surface area contributed by atoms with Gasteiger partial charge in [0.25, 0.3) is 0 Å². The van der Waals surface area contributed by atoms with Gasteiger partial charge >= 0.3 is 0 Å². The van der Waals surface area contributed by atoms with Gasteiger partial charge in [-0.1, -0.05) is 22.2 Å². The molecule has 1 aliphatic rings. The lowest BCUT2D eigenvalue weighted by atomic mass is 10.1. The summed E-state index contributed by atoms with van der Waals surface area (Å²) in [5.74, 6) is 1.30. The molecule has 0 aliphatic heterocycles. The van der Waals surface area contributed by atoms with Gasteiger partial charge in [-0.3, -0.25) is 0 Å². The van der Waals surface area contributed by atoms with Crippen molar-refractivity contribution in [2.45, 2.75) is 6.92 Å². The summed E-state index contributed by atoms with van der Waals surface area (Å²) in [5, 5.41) is 0. The van der Waals surface area contributed by atoms with E-state index in [1.807, 2.05) is 6.07 Å². The first kappa shape index (κ1) is 11.0. The first-order chi connectivity index (χ1) is 8.34. The van der Waals surface area contributed by atoms with E-state index in [0.717, 1.165) is 0 Å². The molecule has 5 radical (unpaired) electrons. The molecule has 0 unspecified atom stereocenters. The summed E-state index contributed by atoms with van der Waals surface area (Å²) in [4.78, 5) is 1.32. The molecule has 0 bridgehead atoms. The largest absolute Gasteiger partial charge is 0.225 e. The first-order valence-electron chi connectivity index (χ1n) is 5.65. The third-order valence-electron chi connectivity index (χ3n) is 2.79. The highest BCUT2D eigenvalue weighted by molar-refractivity contribution is 7.02. The van der Waals surface area contributed by atoms with Gasteiger partial charge in [0.05, 0.1) is 4.88 Å². The maximum Gasteiger partial charge on any atom is 0.225 e. The third-order valence-corrected chi connectivity index (χ3v) is 4.02. The molecule has 1 nitrogen and oxygen atoms in total. The molecule has 0 atom stereocenters. The SMILES string of the molecule is Cc1cc([C]2[CH][CH][CH][CH]2)s[n+]1-c1ccccc1. The molecule has 0 spiro atoms. The van der Waals surface area contributed by atoms with Crippen molar-refractivity contribution in [3.05, 3.63) is 78.6 Å². The van der Waals surface area contributed by atoms with Crippen LogP contribution in [0.25, 0.3) is 5.69 Å². The van der Waals surface area contributed by atoms with Crippen LogP contribution in [0.3, 0.4) is 0 Å². The van der Waals surface area contributed by atoms with Gasteiger partial charge in [0.1, 0.15) is 11.5 Å². The maximum absolute atomic E-state index is 2.27. The fourth-order valence-corrected chi connectivity index (χ4v) is 3.02. The summed E-state index contributed by atoms with van der Waals surface area (Å²) in [6.45, 7) is 2.15. The second kappa shape index (κ2) is 4.61. The molecule has 2 heteroatoms. The predicted molar refractivity (Wildman–Crippen MR) is 70.1 cm³/mol. The van der Waals surface area contributed by atoms with E-state index in [1.54, 1.807) is 11.5 Å². The van der Waals surface area contributed by atoms with E-state index < -0.39 is 0 Å². The molecule has 83 valence electrons. The maximum atomic E-state index is 2.27. The monoisotopic (exact) mass is 239 g/mol. The lowest BCUT2D eigenvalue weighted by Crippen LogP contribution is -2.27. The zero-order valence-corrected chi connectivity index (χ0v) is 10.4. The number of nitrogens with zero attached hydrogens (tertiary/aromatic N) is 1. The molecule has 1 saturated carbocycles. The fraction of sp³-hybridized carbons (Fsp3) is 0.0667. The van der Waals surface area contributed by atoms with E-state index in [-0.39, 0.29) is 0 Å². The van der Waals surface area contributed by atoms with Crippen LogP contribution in [-0.4, -0.2) is 0 Å². The molecule has 1 aromatic heterocycles. The number of aryl methyl sites for hydroxylation is 1. The van der Waals surface area contributed by atoms with Gasteiger partial charge in [-0.25, -0.2) is 0 Å². The standard InChI is InChI=1S/C15H13NS/c1-12-11-15(13-7-5-6-8-13)17-16(12)14-9-3-2-4-10-14/h2-11H,1H3/q+1. The van der Waals surface area contributed by atoms with Gasteiger partial charge in [0.2, 0.25) is 5.69 Å². The van der Waals surface area contributed by atoms with Crippen LogP contribution >= 0.6 is 11.5 Å². The Bertz CT molecular complexity index is 495. The zero-order valence-electron chi connectivity index (χ0n) is 9.63. The molecule has 1 heterocycles. The lowest BCUT2D eigenvalue weighted by molar-refractivity contribution is -0.527. The number of benzene rings is 1. The van der Waals surface area contributed by atoms with Crippen LogP contribution in [0.15, 0.2) is 36.4 Å². The van der Waals surface area contributed by atoms with E-state index in [4.69, 9.17) is 0 Å². The zero-order chi connectivity index (χ0) is 11.7. The molecule has 3 rings (SSSR count). The molecule has 0 amide bonds. The number of rotatable bonds is 2. The highest BCUT2D eigenvalue weighted by Crippen LogP contribution is 2.32. The Morgan fingerprint density at radius 2 is 1.71 bits per heavy atom. The topological polar surface area (TPSA) is 3.88 Å². The van der Waals surface area contributed by atoms with Crippen LogP contribution in [0, 0.1) is 38.5 Å². The van der Waals surface area contributed by atoms with Crippen LogP contribution in [0.2, 0.25) is 0 Å². The van der Waals surface area contributed by atoms with Crippen molar-refractivity contribution in [2.24, 2.45) is 0 Å². The molecular formula is C15H13NS+. The van der Waals surface area contributed by atoms with Crippen molar-refractivity contribution in [3.63, 3.8) is 0 Å². The Kier molecular flexibility index (Phi) is 2.98. The van der Waals surface area contributed by atoms with E-state index in [9.17, 15) is 0 Å². The Balaban J connectivity index is 1.96. The number of aromatic nitrogens is 1. The van der Waals surface area contributed by atoms with Crippen molar-refractivity contribution >= 4 is 11.5 Å². The highest BCUT2D eigenvalue weighted by Gasteiger charge is 2.26. The molecule has 2 aromatic rings. The van der Waals surface area contributed by atoms with Gasteiger partial charge in [-0.05, 0) is 25.7 Å². The van der Waals surface area contributed by atoms with Crippen molar-refractivity contribution < 1.29 is 3.96 Å². The Labute approximate surface area is 107 Å². The first-order valence-corrected chi connectivity index (χ1v) is 6.42. The van der Waals surface area contributed by atoms with Crippen LogP contribution in [0.1, 0.15) is 10.6 Å². The second-order valence-corrected chi connectivity index (χ2v) is 5.03. The minimum Gasteiger partial charge on any atom is -0.0998 e. The van der Waals surface area contributed by atoms with Gasteiger partial charge < -0.3 is 0 Å². The molecule has 0 saturated heterocycles. The minimum absolute atomic E-state index is 1.23. The summed E-state index contributed by atoms with van der Waals surface area (Å²) in [7, 11) is 0. The second-order valence-electron chi connectivity index (χ2n) is 4.04. The number of hydrogen-bond donors (Lipinski definition) is 0. The summed E-state index contributed by atoms with van der Waals surface area (Å²) < 4.78 is 2.27. The highest BCUT2D eigenvalue weighted by atomic mass is 32.1. The Morgan fingerprint density at radius 3 is 2.41 bits per heavy atom. The summed E-state index contributed by atoms with van der Waals surface area (Å²) in [6.07, 6.45) is 8.47. The fourth-order valence-electron chi connectivity index (χ4n) is 1.94. The smallest absolute Gasteiger partial charge is 0.0998 e. The Morgan fingerprint density at radius 1 is 1.00 bits per heavy atom. The van der Waals surface area contributed by atoms with E-state index >= 15 is 0 Å². The minimum atomic E-state index is 1.23. The molecule has 1 aliphatic carbocycles. The van der Waals surface area contributed by atoms with E-state index in [2.05, 4.69) is 66.9 Å². The van der Waals surface area contributed by atoms with Crippen molar-refractivity contribution in [1.29, 1.82) is 0 Å². The number of para-hydroxylation sites is 1. The van der Waals surface area contributed by atoms with Gasteiger partial charge in [-0.2, -0.15) is 0 Å². The molecule has 1 fully saturated rings. The van der Waals surface area contributed by atoms with Gasteiger partial charge in [0, 0.05) is 31.0 Å². The van der Waals surface area contributed by atoms with Crippen LogP contribution in [-0.2, 0) is 0 Å². The van der Waals surface area contributed by atoms with E-state index in [0.29, 0.717) is 0 Å². The number of hydrogen-bond acceptors (Lipinski definition) is 1. The third kappa shape index (κ3) is 2.14. The Hall–Kier alpha value is -1.15. The molecular weight excluding hydrogens is 226 g/mol. The summed E-state index contributed by atoms with van der Waals surface area (Å²) in [6, 6.07) is 12.7. The van der Waals surface area contributed by atoms with E-state index in [1.165, 1.54) is 22.2 Å². The van der Waals surface area contributed by atoms with Crippen molar-refractivity contribution in [1.82, 2.24) is 0 Å². The molecule has 0 N–H and O–H groups in total. The lowest BCUT2D eigenvalue weighted by Gasteiger charge is -1.98. The van der Waals surface area contributed by atoms with Crippen LogP contribution in [0.5, 0.6) is 0 Å². The van der Waals surface area contributed by atoms with Crippen LogP contribution < -0.4 is 3.96 Å². The quantitative estimate of drug-likeness (QED) is 0.709. The summed E-state index contributed by atoms with van der Waals surface area (Å²) in [5.41, 5.74) is 2.50. The average Bonchev–Trinajstić information content (AvgIpc) is 2.99. The van der Waals surface area contributed by atoms with Crippen LogP contribution in [0.4, 0.5) is 0 Å². The molecule has 1 aromatic carbocycles.